The normalized spacial score (nSPS) is 12.7. The van der Waals surface area contributed by atoms with Crippen LogP contribution >= 0.6 is 0 Å². The van der Waals surface area contributed by atoms with E-state index in [0.29, 0.717) is 19.3 Å². The highest BCUT2D eigenvalue weighted by molar-refractivity contribution is 5.71. The molecular weight excluding hydrogens is 733 g/mol. The van der Waals surface area contributed by atoms with Crippen LogP contribution in [0.1, 0.15) is 226 Å². The van der Waals surface area contributed by atoms with Crippen molar-refractivity contribution in [3.05, 3.63) is 72.9 Å². The molecule has 0 heterocycles. The molecule has 6 heteroatoms. The van der Waals surface area contributed by atoms with Crippen molar-refractivity contribution in [1.29, 1.82) is 0 Å². The van der Waals surface area contributed by atoms with Crippen LogP contribution in [-0.4, -0.2) is 37.2 Å². The molecule has 0 aromatic rings. The number of rotatable bonds is 43. The number of carbonyl (C=O) groups excluding carboxylic acids is 3. The van der Waals surface area contributed by atoms with Crippen molar-refractivity contribution in [3.8, 4) is 0 Å². The van der Waals surface area contributed by atoms with Gasteiger partial charge < -0.3 is 14.2 Å². The van der Waals surface area contributed by atoms with Gasteiger partial charge in [0, 0.05) is 19.3 Å². The summed E-state index contributed by atoms with van der Waals surface area (Å²) in [7, 11) is 0. The number of unbranched alkanes of at least 4 members (excludes halogenated alkanes) is 23. The molecule has 0 amide bonds. The van der Waals surface area contributed by atoms with Gasteiger partial charge in [0.1, 0.15) is 13.2 Å². The zero-order valence-electron chi connectivity index (χ0n) is 38.5. The summed E-state index contributed by atoms with van der Waals surface area (Å²) in [5.74, 6) is -0.918. The third-order valence-corrected chi connectivity index (χ3v) is 10.3. The number of hydrogen-bond donors (Lipinski definition) is 0. The first-order valence-corrected chi connectivity index (χ1v) is 24.5. The summed E-state index contributed by atoms with van der Waals surface area (Å²) in [5, 5.41) is 0. The van der Waals surface area contributed by atoms with Gasteiger partial charge >= 0.3 is 17.9 Å². The first-order valence-electron chi connectivity index (χ1n) is 24.5. The highest BCUT2D eigenvalue weighted by Gasteiger charge is 2.19. The van der Waals surface area contributed by atoms with Gasteiger partial charge in [0.15, 0.2) is 6.10 Å². The second-order valence-electron chi connectivity index (χ2n) is 16.1. The SMILES string of the molecule is CC\C=C/C=C\C=C/C=C\CCCCCCCC(=O)OCC(COC(=O)CCCCCCCCCCCCCC)OC(=O)CCCCCCCCC/C=C\C/C=C\CC. The van der Waals surface area contributed by atoms with Crippen LogP contribution in [0.4, 0.5) is 0 Å². The van der Waals surface area contributed by atoms with Gasteiger partial charge in [-0.1, -0.05) is 216 Å². The fraction of sp³-hybridized carbons (Fsp3) is 0.717. The second kappa shape index (κ2) is 47.5. The molecule has 1 atom stereocenters. The van der Waals surface area contributed by atoms with Crippen molar-refractivity contribution in [2.45, 2.75) is 232 Å². The second-order valence-corrected chi connectivity index (χ2v) is 16.1. The van der Waals surface area contributed by atoms with Crippen LogP contribution < -0.4 is 0 Å². The lowest BCUT2D eigenvalue weighted by atomic mass is 10.0. The van der Waals surface area contributed by atoms with E-state index in [1.54, 1.807) is 0 Å². The van der Waals surface area contributed by atoms with Gasteiger partial charge in [0.25, 0.3) is 0 Å². The summed E-state index contributed by atoms with van der Waals surface area (Å²) >= 11 is 0. The molecule has 6 nitrogen and oxygen atoms in total. The molecular formula is C53H90O6. The molecule has 0 radical (unpaired) electrons. The maximum Gasteiger partial charge on any atom is 0.306 e. The Balaban J connectivity index is 4.43. The molecule has 0 rings (SSSR count). The van der Waals surface area contributed by atoms with Crippen LogP contribution in [0.2, 0.25) is 0 Å². The van der Waals surface area contributed by atoms with Crippen LogP contribution in [0.3, 0.4) is 0 Å². The zero-order valence-corrected chi connectivity index (χ0v) is 38.5. The van der Waals surface area contributed by atoms with E-state index < -0.39 is 6.10 Å². The molecule has 0 aliphatic heterocycles. The van der Waals surface area contributed by atoms with Crippen LogP contribution in [-0.2, 0) is 28.6 Å². The van der Waals surface area contributed by atoms with Crippen molar-refractivity contribution >= 4 is 17.9 Å². The average Bonchev–Trinajstić information content (AvgIpc) is 3.23. The van der Waals surface area contributed by atoms with Gasteiger partial charge in [-0.3, -0.25) is 14.4 Å². The zero-order chi connectivity index (χ0) is 43.0. The van der Waals surface area contributed by atoms with E-state index in [0.717, 1.165) is 103 Å². The van der Waals surface area contributed by atoms with Gasteiger partial charge in [-0.15, -0.1) is 0 Å². The van der Waals surface area contributed by atoms with Gasteiger partial charge in [0.05, 0.1) is 0 Å². The van der Waals surface area contributed by atoms with Crippen LogP contribution in [0.25, 0.3) is 0 Å². The minimum Gasteiger partial charge on any atom is -0.462 e. The lowest BCUT2D eigenvalue weighted by molar-refractivity contribution is -0.167. The Hall–Kier alpha value is -3.15. The van der Waals surface area contributed by atoms with Crippen LogP contribution in [0, 0.1) is 0 Å². The number of hydrogen-bond acceptors (Lipinski definition) is 6. The summed E-state index contributed by atoms with van der Waals surface area (Å²) in [6.07, 6.45) is 58.8. The highest BCUT2D eigenvalue weighted by Crippen LogP contribution is 2.15. The third-order valence-electron chi connectivity index (χ3n) is 10.3. The summed E-state index contributed by atoms with van der Waals surface area (Å²) in [6, 6.07) is 0. The molecule has 0 fully saturated rings. The van der Waals surface area contributed by atoms with Crippen molar-refractivity contribution in [2.75, 3.05) is 13.2 Å². The van der Waals surface area contributed by atoms with Gasteiger partial charge in [-0.05, 0) is 64.2 Å². The maximum absolute atomic E-state index is 12.8. The topological polar surface area (TPSA) is 78.9 Å². The Bertz CT molecular complexity index is 1130. The summed E-state index contributed by atoms with van der Waals surface area (Å²) in [6.45, 7) is 6.36. The predicted octanol–water partition coefficient (Wildman–Crippen LogP) is 15.9. The first kappa shape index (κ1) is 55.9. The lowest BCUT2D eigenvalue weighted by Crippen LogP contribution is -2.30. The highest BCUT2D eigenvalue weighted by atomic mass is 16.6. The molecule has 0 aliphatic carbocycles. The van der Waals surface area contributed by atoms with E-state index in [4.69, 9.17) is 14.2 Å². The Morgan fingerprint density at radius 1 is 0.373 bits per heavy atom. The molecule has 59 heavy (non-hydrogen) atoms. The molecule has 0 aliphatic rings. The van der Waals surface area contributed by atoms with E-state index >= 15 is 0 Å². The molecule has 0 aromatic carbocycles. The fourth-order valence-corrected chi connectivity index (χ4v) is 6.67. The van der Waals surface area contributed by atoms with Gasteiger partial charge in [-0.25, -0.2) is 0 Å². The van der Waals surface area contributed by atoms with Gasteiger partial charge in [0.2, 0.25) is 0 Å². The van der Waals surface area contributed by atoms with Crippen LogP contribution in [0.15, 0.2) is 72.9 Å². The summed E-state index contributed by atoms with van der Waals surface area (Å²) in [5.41, 5.74) is 0. The largest absolute Gasteiger partial charge is 0.462 e. The molecule has 0 bridgehead atoms. The molecule has 0 N–H and O–H groups in total. The van der Waals surface area contributed by atoms with E-state index in [1.807, 2.05) is 18.2 Å². The first-order chi connectivity index (χ1) is 29.0. The average molecular weight is 823 g/mol. The molecule has 0 saturated carbocycles. The Kier molecular flexibility index (Phi) is 45.0. The molecule has 0 saturated heterocycles. The molecule has 1 unspecified atom stereocenters. The van der Waals surface area contributed by atoms with Crippen LogP contribution in [0.5, 0.6) is 0 Å². The predicted molar refractivity (Wildman–Crippen MR) is 251 cm³/mol. The van der Waals surface area contributed by atoms with Crippen molar-refractivity contribution in [2.24, 2.45) is 0 Å². The fourth-order valence-electron chi connectivity index (χ4n) is 6.67. The monoisotopic (exact) mass is 823 g/mol. The summed E-state index contributed by atoms with van der Waals surface area (Å²) < 4.78 is 16.7. The van der Waals surface area contributed by atoms with Gasteiger partial charge in [-0.2, -0.15) is 0 Å². The lowest BCUT2D eigenvalue weighted by Gasteiger charge is -2.18. The van der Waals surface area contributed by atoms with E-state index in [9.17, 15) is 14.4 Å². The quantitative estimate of drug-likeness (QED) is 0.0200. The van der Waals surface area contributed by atoms with Crippen molar-refractivity contribution in [1.82, 2.24) is 0 Å². The summed E-state index contributed by atoms with van der Waals surface area (Å²) in [4.78, 5) is 37.9. The van der Waals surface area contributed by atoms with Crippen molar-refractivity contribution in [3.63, 3.8) is 0 Å². The standard InChI is InChI=1S/C53H90O6/c1-4-7-10-13-16-19-22-25-27-29-31-34-37-40-43-46-52(55)58-49-50(48-57-51(54)45-42-39-36-33-30-24-21-18-15-12-9-6-3)59-53(56)47-44-41-38-35-32-28-26-23-20-17-14-11-8-5-2/h7-8,10-11,13,16-17,19-20,22,25,27,50H,4-6,9,12,14-15,18,21,23-24,26,28-49H2,1-3H3/b10-7-,11-8-,16-13-,20-17-,22-19-,27-25-. The number of allylic oxidation sites excluding steroid dienone is 12. The number of carbonyl (C=O) groups is 3. The van der Waals surface area contributed by atoms with E-state index in [2.05, 4.69) is 75.5 Å². The third kappa shape index (κ3) is 45.8. The Morgan fingerprint density at radius 2 is 0.746 bits per heavy atom. The minimum absolute atomic E-state index is 0.0853. The Morgan fingerprint density at radius 3 is 1.22 bits per heavy atom. The number of ether oxygens (including phenoxy) is 3. The molecule has 0 spiro atoms. The maximum atomic E-state index is 12.8. The van der Waals surface area contributed by atoms with E-state index in [-0.39, 0.29) is 31.1 Å². The molecule has 0 aromatic heterocycles. The minimum atomic E-state index is -0.786. The number of esters is 3. The molecule has 338 valence electrons. The smallest absolute Gasteiger partial charge is 0.306 e. The van der Waals surface area contributed by atoms with Crippen molar-refractivity contribution < 1.29 is 28.6 Å². The Labute approximate surface area is 363 Å². The van der Waals surface area contributed by atoms with E-state index in [1.165, 1.54) is 83.5 Å².